The first-order valence-electron chi connectivity index (χ1n) is 8.45. The third-order valence-corrected chi connectivity index (χ3v) is 5.38. The third-order valence-electron chi connectivity index (χ3n) is 4.47. The van der Waals surface area contributed by atoms with E-state index in [0.29, 0.717) is 6.42 Å². The van der Waals surface area contributed by atoms with Crippen LogP contribution in [0.5, 0.6) is 5.75 Å². The summed E-state index contributed by atoms with van der Waals surface area (Å²) in [7, 11) is 1.72. The Bertz CT molecular complexity index is 649. The molecule has 0 unspecified atom stereocenters. The van der Waals surface area contributed by atoms with Crippen molar-refractivity contribution in [1.29, 1.82) is 0 Å². The Morgan fingerprint density at radius 3 is 2.62 bits per heavy atom. The van der Waals surface area contributed by atoms with Crippen LogP contribution in [0, 0.1) is 0 Å². The molecule has 1 aromatic heterocycles. The van der Waals surface area contributed by atoms with E-state index in [4.69, 9.17) is 4.74 Å². The number of carbonyl (C=O) groups excluding carboxylic acids is 1. The molecule has 2 heterocycles. The lowest BCUT2D eigenvalue weighted by molar-refractivity contribution is 0.0978. The molecule has 0 bridgehead atoms. The number of benzene rings is 1. The van der Waals surface area contributed by atoms with Crippen molar-refractivity contribution in [3.8, 4) is 5.75 Å². The van der Waals surface area contributed by atoms with Crippen molar-refractivity contribution in [3.05, 3.63) is 46.7 Å². The number of rotatable bonds is 7. The fraction of sp³-hybridized carbons (Fsp3) is 0.421. The fourth-order valence-electron chi connectivity index (χ4n) is 3.13. The van der Waals surface area contributed by atoms with Crippen LogP contribution in [-0.2, 0) is 0 Å². The first-order valence-corrected chi connectivity index (χ1v) is 9.33. The number of piperazine rings is 1. The number of ketones is 1. The lowest BCUT2D eigenvalue weighted by Gasteiger charge is -2.36. The molecule has 5 heteroatoms. The van der Waals surface area contributed by atoms with Gasteiger partial charge in [0.2, 0.25) is 0 Å². The minimum Gasteiger partial charge on any atom is -0.495 e. The van der Waals surface area contributed by atoms with Crippen LogP contribution in [0.3, 0.4) is 0 Å². The van der Waals surface area contributed by atoms with E-state index < -0.39 is 0 Å². The molecule has 128 valence electrons. The van der Waals surface area contributed by atoms with E-state index in [9.17, 15) is 4.79 Å². The van der Waals surface area contributed by atoms with Crippen LogP contribution < -0.4 is 9.64 Å². The summed E-state index contributed by atoms with van der Waals surface area (Å²) in [5, 5.41) is 1.96. The molecule has 24 heavy (non-hydrogen) atoms. The molecule has 0 amide bonds. The minimum atomic E-state index is 0.276. The Morgan fingerprint density at radius 2 is 1.92 bits per heavy atom. The maximum absolute atomic E-state index is 12.0. The van der Waals surface area contributed by atoms with Crippen LogP contribution >= 0.6 is 11.3 Å². The number of methoxy groups -OCH3 is 1. The van der Waals surface area contributed by atoms with Gasteiger partial charge in [-0.15, -0.1) is 11.3 Å². The van der Waals surface area contributed by atoms with E-state index in [-0.39, 0.29) is 5.78 Å². The molecule has 4 nitrogen and oxygen atoms in total. The predicted octanol–water partition coefficient (Wildman–Crippen LogP) is 3.54. The maximum Gasteiger partial charge on any atom is 0.172 e. The Balaban J connectivity index is 1.43. The third kappa shape index (κ3) is 4.16. The van der Waals surface area contributed by atoms with Crippen LogP contribution in [0.4, 0.5) is 5.69 Å². The SMILES string of the molecule is COc1ccccc1N1CCN(CCCC(=O)c2cccs2)CC1. The maximum atomic E-state index is 12.0. The highest BCUT2D eigenvalue weighted by molar-refractivity contribution is 7.12. The number of Topliss-reactive ketones (excluding diaryl/α,β-unsaturated/α-hetero) is 1. The van der Waals surface area contributed by atoms with Gasteiger partial charge in [-0.3, -0.25) is 9.69 Å². The molecular weight excluding hydrogens is 320 g/mol. The molecule has 2 aromatic rings. The Morgan fingerprint density at radius 1 is 1.12 bits per heavy atom. The van der Waals surface area contributed by atoms with Crippen LogP contribution in [0.2, 0.25) is 0 Å². The average Bonchev–Trinajstić information content (AvgIpc) is 3.17. The highest BCUT2D eigenvalue weighted by atomic mass is 32.1. The van der Waals surface area contributed by atoms with Gasteiger partial charge in [0.1, 0.15) is 5.75 Å². The van der Waals surface area contributed by atoms with Gasteiger partial charge in [-0.1, -0.05) is 18.2 Å². The van der Waals surface area contributed by atoms with Gasteiger partial charge in [-0.25, -0.2) is 0 Å². The number of carbonyl (C=O) groups is 1. The van der Waals surface area contributed by atoms with E-state index in [1.807, 2.05) is 29.6 Å². The van der Waals surface area contributed by atoms with Crippen molar-refractivity contribution in [2.24, 2.45) is 0 Å². The molecule has 1 aliphatic heterocycles. The van der Waals surface area contributed by atoms with Gasteiger partial charge in [0.15, 0.2) is 5.78 Å². The summed E-state index contributed by atoms with van der Waals surface area (Å²) in [4.78, 5) is 17.7. The lowest BCUT2D eigenvalue weighted by atomic mass is 10.1. The smallest absolute Gasteiger partial charge is 0.172 e. The molecule has 1 aliphatic rings. The molecule has 1 saturated heterocycles. The standard InChI is InChI=1S/C19H24N2O2S/c1-23-18-8-3-2-6-16(18)21-13-11-20(12-14-21)10-4-7-17(22)19-9-5-15-24-19/h2-3,5-6,8-9,15H,4,7,10-14H2,1H3. The lowest BCUT2D eigenvalue weighted by Crippen LogP contribution is -2.46. The zero-order valence-electron chi connectivity index (χ0n) is 14.1. The molecule has 0 spiro atoms. The monoisotopic (exact) mass is 344 g/mol. The van der Waals surface area contributed by atoms with Crippen LogP contribution in [0.1, 0.15) is 22.5 Å². The molecule has 1 fully saturated rings. The highest BCUT2D eigenvalue weighted by Crippen LogP contribution is 2.28. The number of para-hydroxylation sites is 2. The first kappa shape index (κ1) is 17.0. The van der Waals surface area contributed by atoms with Crippen molar-refractivity contribution in [2.45, 2.75) is 12.8 Å². The topological polar surface area (TPSA) is 32.8 Å². The summed E-state index contributed by atoms with van der Waals surface area (Å²) in [6.45, 7) is 5.06. The number of anilines is 1. The number of hydrogen-bond donors (Lipinski definition) is 0. The average molecular weight is 344 g/mol. The van der Waals surface area contributed by atoms with Crippen LogP contribution in [-0.4, -0.2) is 50.5 Å². The van der Waals surface area contributed by atoms with Gasteiger partial charge >= 0.3 is 0 Å². The van der Waals surface area contributed by atoms with Crippen molar-refractivity contribution in [3.63, 3.8) is 0 Å². The number of ether oxygens (including phenoxy) is 1. The van der Waals surface area contributed by atoms with Crippen molar-refractivity contribution in [2.75, 3.05) is 44.7 Å². The van der Waals surface area contributed by atoms with Gasteiger partial charge < -0.3 is 9.64 Å². The number of hydrogen-bond acceptors (Lipinski definition) is 5. The highest BCUT2D eigenvalue weighted by Gasteiger charge is 2.19. The predicted molar refractivity (Wildman–Crippen MR) is 99.5 cm³/mol. The quantitative estimate of drug-likeness (QED) is 0.719. The van der Waals surface area contributed by atoms with Crippen molar-refractivity contribution in [1.82, 2.24) is 4.90 Å². The Labute approximate surface area is 147 Å². The molecule has 0 radical (unpaired) electrons. The number of nitrogens with zero attached hydrogens (tertiary/aromatic N) is 2. The van der Waals surface area contributed by atoms with Crippen LogP contribution in [0.25, 0.3) is 0 Å². The van der Waals surface area contributed by atoms with Gasteiger partial charge in [0.05, 0.1) is 17.7 Å². The van der Waals surface area contributed by atoms with E-state index in [0.717, 1.165) is 49.8 Å². The molecule has 0 atom stereocenters. The fourth-order valence-corrected chi connectivity index (χ4v) is 3.82. The van der Waals surface area contributed by atoms with Crippen LogP contribution in [0.15, 0.2) is 41.8 Å². The summed E-state index contributed by atoms with van der Waals surface area (Å²) in [6.07, 6.45) is 1.58. The van der Waals surface area contributed by atoms with Gasteiger partial charge in [-0.2, -0.15) is 0 Å². The Kier molecular flexibility index (Phi) is 5.88. The van der Waals surface area contributed by atoms with E-state index in [1.54, 1.807) is 7.11 Å². The summed E-state index contributed by atoms with van der Waals surface area (Å²) in [6, 6.07) is 12.0. The second-order valence-corrected chi connectivity index (χ2v) is 6.95. The van der Waals surface area contributed by atoms with E-state index >= 15 is 0 Å². The summed E-state index contributed by atoms with van der Waals surface area (Å²) in [5.74, 6) is 1.21. The summed E-state index contributed by atoms with van der Waals surface area (Å²) < 4.78 is 5.46. The summed E-state index contributed by atoms with van der Waals surface area (Å²) >= 11 is 1.54. The molecule has 1 aromatic carbocycles. The Hall–Kier alpha value is -1.85. The van der Waals surface area contributed by atoms with Gasteiger partial charge in [0, 0.05) is 32.6 Å². The van der Waals surface area contributed by atoms with E-state index in [2.05, 4.69) is 21.9 Å². The number of thiophene rings is 1. The second kappa shape index (κ2) is 8.31. The molecule has 3 rings (SSSR count). The molecule has 0 saturated carbocycles. The molecule has 0 N–H and O–H groups in total. The van der Waals surface area contributed by atoms with Crippen molar-refractivity contribution >= 4 is 22.8 Å². The molecule has 0 aliphatic carbocycles. The second-order valence-electron chi connectivity index (χ2n) is 6.00. The largest absolute Gasteiger partial charge is 0.495 e. The normalized spacial score (nSPS) is 15.5. The molecular formula is C19H24N2O2S. The minimum absolute atomic E-state index is 0.276. The van der Waals surface area contributed by atoms with Crippen molar-refractivity contribution < 1.29 is 9.53 Å². The summed E-state index contributed by atoms with van der Waals surface area (Å²) in [5.41, 5.74) is 1.17. The van der Waals surface area contributed by atoms with E-state index in [1.165, 1.54) is 17.0 Å². The van der Waals surface area contributed by atoms with Gasteiger partial charge in [-0.05, 0) is 36.5 Å². The zero-order valence-corrected chi connectivity index (χ0v) is 14.9. The zero-order chi connectivity index (χ0) is 16.8. The first-order chi connectivity index (χ1) is 11.8. The van der Waals surface area contributed by atoms with Gasteiger partial charge in [0.25, 0.3) is 0 Å².